The number of halogens is 1. The fraction of sp³-hybridized carbons (Fsp3) is 0.235. The number of thiazole rings is 1. The summed E-state index contributed by atoms with van der Waals surface area (Å²) in [6, 6.07) is 4.28. The highest BCUT2D eigenvalue weighted by Crippen LogP contribution is 2.34. The maximum atomic E-state index is 13.4. The van der Waals surface area contributed by atoms with E-state index in [0.29, 0.717) is 34.3 Å². The van der Waals surface area contributed by atoms with E-state index < -0.39 is 5.82 Å². The average Bonchev–Trinajstić information content (AvgIpc) is 2.99. The van der Waals surface area contributed by atoms with Gasteiger partial charge in [0.25, 0.3) is 0 Å². The molecule has 1 aliphatic heterocycles. The number of ketones is 1. The van der Waals surface area contributed by atoms with Crippen LogP contribution in [0, 0.1) is 5.82 Å². The SMILES string of the molecule is CCN(C(C)=O)c1nc(/C=C2\CSc3ccc(F)cc3C2=O)cs1. The summed E-state index contributed by atoms with van der Waals surface area (Å²) in [6.45, 7) is 3.92. The lowest BCUT2D eigenvalue weighted by atomic mass is 10.0. The van der Waals surface area contributed by atoms with Gasteiger partial charge in [-0.3, -0.25) is 14.5 Å². The third kappa shape index (κ3) is 3.27. The van der Waals surface area contributed by atoms with Crippen molar-refractivity contribution < 1.29 is 14.0 Å². The van der Waals surface area contributed by atoms with Gasteiger partial charge < -0.3 is 0 Å². The minimum Gasteiger partial charge on any atom is -0.289 e. The first-order chi connectivity index (χ1) is 11.5. The monoisotopic (exact) mass is 362 g/mol. The van der Waals surface area contributed by atoms with E-state index in [1.807, 2.05) is 12.3 Å². The summed E-state index contributed by atoms with van der Waals surface area (Å²) in [5.74, 6) is -0.134. The maximum absolute atomic E-state index is 13.4. The van der Waals surface area contributed by atoms with Crippen LogP contribution in [0.25, 0.3) is 6.08 Å². The topological polar surface area (TPSA) is 50.3 Å². The van der Waals surface area contributed by atoms with Gasteiger partial charge in [-0.1, -0.05) is 0 Å². The van der Waals surface area contributed by atoms with E-state index in [9.17, 15) is 14.0 Å². The highest BCUT2D eigenvalue weighted by Gasteiger charge is 2.23. The summed E-state index contributed by atoms with van der Waals surface area (Å²) in [5.41, 5.74) is 1.62. The second-order valence-corrected chi connectivity index (χ2v) is 7.10. The van der Waals surface area contributed by atoms with Crippen LogP contribution in [-0.2, 0) is 4.79 Å². The largest absolute Gasteiger partial charge is 0.289 e. The number of hydrogen-bond donors (Lipinski definition) is 0. The van der Waals surface area contributed by atoms with E-state index in [-0.39, 0.29) is 11.7 Å². The summed E-state index contributed by atoms with van der Waals surface area (Å²) >= 11 is 2.87. The molecule has 0 aliphatic carbocycles. The fourth-order valence-corrected chi connectivity index (χ4v) is 4.33. The van der Waals surface area contributed by atoms with Gasteiger partial charge in [-0.25, -0.2) is 9.37 Å². The van der Waals surface area contributed by atoms with Gasteiger partial charge in [0, 0.05) is 40.6 Å². The van der Waals surface area contributed by atoms with Crippen molar-refractivity contribution in [2.45, 2.75) is 18.7 Å². The average molecular weight is 362 g/mol. The molecular formula is C17H15FN2O2S2. The van der Waals surface area contributed by atoms with Crippen molar-refractivity contribution in [3.63, 3.8) is 0 Å². The lowest BCUT2D eigenvalue weighted by Crippen LogP contribution is -2.27. The van der Waals surface area contributed by atoms with Crippen molar-refractivity contribution in [1.82, 2.24) is 4.98 Å². The minimum absolute atomic E-state index is 0.0697. The molecule has 7 heteroatoms. The van der Waals surface area contributed by atoms with Crippen molar-refractivity contribution in [3.05, 3.63) is 46.2 Å². The summed E-state index contributed by atoms with van der Waals surface area (Å²) in [7, 11) is 0. The maximum Gasteiger partial charge on any atom is 0.225 e. The molecule has 3 rings (SSSR count). The van der Waals surface area contributed by atoms with Gasteiger partial charge in [0.1, 0.15) is 5.82 Å². The number of nitrogens with zero attached hydrogens (tertiary/aromatic N) is 2. The summed E-state index contributed by atoms with van der Waals surface area (Å²) < 4.78 is 13.4. The van der Waals surface area contributed by atoms with E-state index in [4.69, 9.17) is 0 Å². The van der Waals surface area contributed by atoms with Crippen molar-refractivity contribution in [2.75, 3.05) is 17.2 Å². The lowest BCUT2D eigenvalue weighted by molar-refractivity contribution is -0.116. The molecule has 0 saturated carbocycles. The Labute approximate surface area is 147 Å². The number of hydrogen-bond acceptors (Lipinski definition) is 5. The molecule has 2 aromatic rings. The Morgan fingerprint density at radius 1 is 1.46 bits per heavy atom. The molecular weight excluding hydrogens is 347 g/mol. The van der Waals surface area contributed by atoms with E-state index in [0.717, 1.165) is 4.90 Å². The zero-order valence-corrected chi connectivity index (χ0v) is 14.8. The van der Waals surface area contributed by atoms with Gasteiger partial charge in [0.2, 0.25) is 5.91 Å². The molecule has 1 amide bonds. The number of Topliss-reactive ketones (excluding diaryl/α,β-unsaturated/α-hetero) is 1. The predicted molar refractivity (Wildman–Crippen MR) is 95.2 cm³/mol. The normalized spacial score (nSPS) is 15.5. The van der Waals surface area contributed by atoms with Crippen LogP contribution in [0.3, 0.4) is 0 Å². The standard InChI is InChI=1S/C17H15FN2O2S2/c1-3-20(10(2)21)17-19-13(9-24-17)6-11-8-23-15-5-4-12(18)7-14(15)16(11)22/h4-7,9H,3,8H2,1-2H3/b11-6+. The zero-order valence-electron chi connectivity index (χ0n) is 13.2. The lowest BCUT2D eigenvalue weighted by Gasteiger charge is -2.16. The number of thioether (sulfide) groups is 1. The number of amides is 1. The van der Waals surface area contributed by atoms with Gasteiger partial charge in [-0.05, 0) is 31.2 Å². The van der Waals surface area contributed by atoms with Crippen LogP contribution >= 0.6 is 23.1 Å². The number of fused-ring (bicyclic) bond motifs is 1. The van der Waals surface area contributed by atoms with E-state index in [1.54, 1.807) is 17.0 Å². The number of carbonyl (C=O) groups excluding carboxylic acids is 2. The molecule has 1 aliphatic rings. The molecule has 0 fully saturated rings. The second-order valence-electron chi connectivity index (χ2n) is 5.25. The van der Waals surface area contributed by atoms with Crippen LogP contribution in [0.2, 0.25) is 0 Å². The fourth-order valence-electron chi connectivity index (χ4n) is 2.44. The van der Waals surface area contributed by atoms with Crippen LogP contribution in [0.4, 0.5) is 9.52 Å². The quantitative estimate of drug-likeness (QED) is 0.774. The molecule has 1 aromatic heterocycles. The number of aromatic nitrogens is 1. The first-order valence-electron chi connectivity index (χ1n) is 7.41. The third-order valence-electron chi connectivity index (χ3n) is 3.62. The van der Waals surface area contributed by atoms with Gasteiger partial charge >= 0.3 is 0 Å². The van der Waals surface area contributed by atoms with Gasteiger partial charge in [0.05, 0.1) is 5.69 Å². The Morgan fingerprint density at radius 2 is 2.25 bits per heavy atom. The Kier molecular flexibility index (Phi) is 4.82. The van der Waals surface area contributed by atoms with Gasteiger partial charge in [-0.15, -0.1) is 23.1 Å². The zero-order chi connectivity index (χ0) is 17.3. The van der Waals surface area contributed by atoms with Crippen molar-refractivity contribution in [3.8, 4) is 0 Å². The molecule has 2 heterocycles. The second kappa shape index (κ2) is 6.86. The summed E-state index contributed by atoms with van der Waals surface area (Å²) in [4.78, 5) is 30.9. The molecule has 0 N–H and O–H groups in total. The number of rotatable bonds is 3. The molecule has 0 bridgehead atoms. The van der Waals surface area contributed by atoms with Gasteiger partial charge in [-0.2, -0.15) is 0 Å². The smallest absolute Gasteiger partial charge is 0.225 e. The van der Waals surface area contributed by atoms with Gasteiger partial charge in [0.15, 0.2) is 10.9 Å². The van der Waals surface area contributed by atoms with Crippen LogP contribution in [-0.4, -0.2) is 29.0 Å². The Balaban J connectivity index is 1.89. The highest BCUT2D eigenvalue weighted by atomic mass is 32.2. The number of carbonyl (C=O) groups is 2. The third-order valence-corrected chi connectivity index (χ3v) is 5.62. The van der Waals surface area contributed by atoms with E-state index in [1.165, 1.54) is 42.2 Å². The Morgan fingerprint density at radius 3 is 2.96 bits per heavy atom. The first-order valence-corrected chi connectivity index (χ1v) is 9.27. The predicted octanol–water partition coefficient (Wildman–Crippen LogP) is 4.03. The molecule has 0 unspecified atom stereocenters. The Hall–Kier alpha value is -1.99. The van der Waals surface area contributed by atoms with Crippen LogP contribution in [0.1, 0.15) is 29.9 Å². The number of benzene rings is 1. The minimum atomic E-state index is -0.417. The molecule has 0 spiro atoms. The van der Waals surface area contributed by atoms with Crippen molar-refractivity contribution in [2.24, 2.45) is 0 Å². The van der Waals surface area contributed by atoms with E-state index in [2.05, 4.69) is 4.98 Å². The van der Waals surface area contributed by atoms with Crippen LogP contribution < -0.4 is 4.90 Å². The van der Waals surface area contributed by atoms with Crippen molar-refractivity contribution >= 4 is 46.0 Å². The first kappa shape index (κ1) is 16.9. The summed E-state index contributed by atoms with van der Waals surface area (Å²) in [6.07, 6.45) is 1.72. The molecule has 24 heavy (non-hydrogen) atoms. The molecule has 1 aromatic carbocycles. The molecule has 0 atom stereocenters. The molecule has 4 nitrogen and oxygen atoms in total. The van der Waals surface area contributed by atoms with E-state index >= 15 is 0 Å². The molecule has 0 saturated heterocycles. The Bertz CT molecular complexity index is 845. The van der Waals surface area contributed by atoms with Crippen LogP contribution in [0.15, 0.2) is 34.0 Å². The highest BCUT2D eigenvalue weighted by molar-refractivity contribution is 7.99. The molecule has 124 valence electrons. The summed E-state index contributed by atoms with van der Waals surface area (Å²) in [5, 5.41) is 2.42. The molecule has 0 radical (unpaired) electrons. The van der Waals surface area contributed by atoms with Crippen molar-refractivity contribution in [1.29, 1.82) is 0 Å². The number of anilines is 1. The van der Waals surface area contributed by atoms with Crippen LogP contribution in [0.5, 0.6) is 0 Å².